The fourth-order valence-corrected chi connectivity index (χ4v) is 1.08. The number of hydrogen-bond acceptors (Lipinski definition) is 2. The molecule has 0 aliphatic rings. The fourth-order valence-electron chi connectivity index (χ4n) is 1.08. The Kier molecular flexibility index (Phi) is 6.00. The molecule has 0 aromatic carbocycles. The highest BCUT2D eigenvalue weighted by Crippen LogP contribution is 2.12. The van der Waals surface area contributed by atoms with Crippen molar-refractivity contribution in [3.05, 3.63) is 11.6 Å². The molecule has 0 aromatic heterocycles. The summed E-state index contributed by atoms with van der Waals surface area (Å²) in [6, 6.07) is 0. The molecule has 0 bridgehead atoms. The Labute approximate surface area is 82.0 Å². The SMILES string of the molecule is CCC(O)(CC)CNCC=C(C)C. The van der Waals surface area contributed by atoms with Crippen LogP contribution < -0.4 is 5.32 Å². The molecule has 0 aliphatic heterocycles. The molecule has 0 radical (unpaired) electrons. The van der Waals surface area contributed by atoms with Crippen molar-refractivity contribution in [1.82, 2.24) is 5.32 Å². The van der Waals surface area contributed by atoms with Crippen molar-refractivity contribution < 1.29 is 5.11 Å². The quantitative estimate of drug-likeness (QED) is 0.490. The molecule has 0 fully saturated rings. The van der Waals surface area contributed by atoms with Gasteiger partial charge in [-0.2, -0.15) is 0 Å². The Hall–Kier alpha value is -0.340. The van der Waals surface area contributed by atoms with Crippen LogP contribution in [0.4, 0.5) is 0 Å². The van der Waals surface area contributed by atoms with Crippen LogP contribution in [-0.2, 0) is 0 Å². The molecule has 0 heterocycles. The van der Waals surface area contributed by atoms with Gasteiger partial charge in [-0.25, -0.2) is 0 Å². The maximum absolute atomic E-state index is 9.91. The first-order chi connectivity index (χ1) is 6.04. The molecule has 0 saturated heterocycles. The maximum atomic E-state index is 9.91. The molecule has 2 N–H and O–H groups in total. The van der Waals surface area contributed by atoms with Crippen LogP contribution in [0.3, 0.4) is 0 Å². The lowest BCUT2D eigenvalue weighted by Crippen LogP contribution is -2.39. The van der Waals surface area contributed by atoms with E-state index in [0.717, 1.165) is 19.4 Å². The fraction of sp³-hybridized carbons (Fsp3) is 0.818. The van der Waals surface area contributed by atoms with Gasteiger partial charge in [0.1, 0.15) is 0 Å². The average Bonchev–Trinajstić information content (AvgIpc) is 2.12. The predicted octanol–water partition coefficient (Wildman–Crippen LogP) is 2.09. The van der Waals surface area contributed by atoms with Crippen LogP contribution in [0.15, 0.2) is 11.6 Å². The summed E-state index contributed by atoms with van der Waals surface area (Å²) in [5, 5.41) is 13.1. The number of rotatable bonds is 6. The van der Waals surface area contributed by atoms with Crippen molar-refractivity contribution in [2.75, 3.05) is 13.1 Å². The van der Waals surface area contributed by atoms with Gasteiger partial charge in [-0.3, -0.25) is 0 Å². The minimum Gasteiger partial charge on any atom is -0.389 e. The van der Waals surface area contributed by atoms with Crippen molar-refractivity contribution in [1.29, 1.82) is 0 Å². The first kappa shape index (κ1) is 12.7. The second-order valence-electron chi connectivity index (χ2n) is 3.84. The smallest absolute Gasteiger partial charge is 0.0766 e. The molecular formula is C11H23NO. The molecule has 2 heteroatoms. The van der Waals surface area contributed by atoms with E-state index in [4.69, 9.17) is 0 Å². The molecule has 0 spiro atoms. The molecule has 0 saturated carbocycles. The Morgan fingerprint density at radius 3 is 2.23 bits per heavy atom. The van der Waals surface area contributed by atoms with Crippen LogP contribution in [0.2, 0.25) is 0 Å². The third-order valence-electron chi connectivity index (χ3n) is 2.42. The van der Waals surface area contributed by atoms with Crippen LogP contribution in [0.1, 0.15) is 40.5 Å². The normalized spacial score (nSPS) is 11.5. The van der Waals surface area contributed by atoms with Gasteiger partial charge in [-0.05, 0) is 26.7 Å². The molecule has 0 atom stereocenters. The predicted molar refractivity (Wildman–Crippen MR) is 57.8 cm³/mol. The minimum atomic E-state index is -0.518. The zero-order valence-electron chi connectivity index (χ0n) is 9.35. The lowest BCUT2D eigenvalue weighted by Gasteiger charge is -2.25. The Morgan fingerprint density at radius 1 is 1.31 bits per heavy atom. The molecule has 2 nitrogen and oxygen atoms in total. The first-order valence-electron chi connectivity index (χ1n) is 5.10. The lowest BCUT2D eigenvalue weighted by molar-refractivity contribution is 0.0335. The van der Waals surface area contributed by atoms with E-state index in [1.165, 1.54) is 5.57 Å². The number of nitrogens with one attached hydrogen (secondary N) is 1. The monoisotopic (exact) mass is 185 g/mol. The number of allylic oxidation sites excluding steroid dienone is 1. The third-order valence-corrected chi connectivity index (χ3v) is 2.42. The van der Waals surface area contributed by atoms with Crippen molar-refractivity contribution in [2.24, 2.45) is 0 Å². The lowest BCUT2D eigenvalue weighted by atomic mass is 9.98. The summed E-state index contributed by atoms with van der Waals surface area (Å²) in [6.07, 6.45) is 3.75. The molecule has 0 amide bonds. The van der Waals surface area contributed by atoms with E-state index in [1.54, 1.807) is 0 Å². The molecule has 0 aromatic rings. The van der Waals surface area contributed by atoms with Gasteiger partial charge in [-0.15, -0.1) is 0 Å². The summed E-state index contributed by atoms with van der Waals surface area (Å²) in [5.41, 5.74) is 0.791. The summed E-state index contributed by atoms with van der Waals surface area (Å²) in [6.45, 7) is 9.73. The van der Waals surface area contributed by atoms with Crippen LogP contribution in [0.25, 0.3) is 0 Å². The van der Waals surface area contributed by atoms with Gasteiger partial charge in [0, 0.05) is 13.1 Å². The molecule has 0 aliphatic carbocycles. The zero-order valence-corrected chi connectivity index (χ0v) is 9.35. The molecule has 0 unspecified atom stereocenters. The second-order valence-corrected chi connectivity index (χ2v) is 3.84. The van der Waals surface area contributed by atoms with Crippen molar-refractivity contribution in [2.45, 2.75) is 46.1 Å². The molecule has 13 heavy (non-hydrogen) atoms. The van der Waals surface area contributed by atoms with Crippen LogP contribution in [-0.4, -0.2) is 23.8 Å². The van der Waals surface area contributed by atoms with Gasteiger partial charge in [0.15, 0.2) is 0 Å². The number of aliphatic hydroxyl groups is 1. The van der Waals surface area contributed by atoms with Gasteiger partial charge >= 0.3 is 0 Å². The topological polar surface area (TPSA) is 32.3 Å². The van der Waals surface area contributed by atoms with Gasteiger partial charge in [0.25, 0.3) is 0 Å². The standard InChI is InChI=1S/C11H23NO/c1-5-11(13,6-2)9-12-8-7-10(3)4/h7,12-13H,5-6,8-9H2,1-4H3. The van der Waals surface area contributed by atoms with Crippen LogP contribution >= 0.6 is 0 Å². The molecule has 0 rings (SSSR count). The molecule has 78 valence electrons. The van der Waals surface area contributed by atoms with E-state index >= 15 is 0 Å². The summed E-state index contributed by atoms with van der Waals surface area (Å²) in [5.74, 6) is 0. The van der Waals surface area contributed by atoms with Crippen LogP contribution in [0.5, 0.6) is 0 Å². The van der Waals surface area contributed by atoms with E-state index in [0.29, 0.717) is 6.54 Å². The number of hydrogen-bond donors (Lipinski definition) is 2. The van der Waals surface area contributed by atoms with Crippen molar-refractivity contribution in [3.63, 3.8) is 0 Å². The third kappa shape index (κ3) is 5.83. The Balaban J connectivity index is 3.68. The van der Waals surface area contributed by atoms with Gasteiger partial charge in [0.2, 0.25) is 0 Å². The Bertz CT molecular complexity index is 155. The second kappa shape index (κ2) is 6.17. The maximum Gasteiger partial charge on any atom is 0.0766 e. The first-order valence-corrected chi connectivity index (χ1v) is 5.10. The van der Waals surface area contributed by atoms with E-state index < -0.39 is 5.60 Å². The molecular weight excluding hydrogens is 162 g/mol. The van der Waals surface area contributed by atoms with E-state index in [-0.39, 0.29) is 0 Å². The van der Waals surface area contributed by atoms with Crippen LogP contribution in [0, 0.1) is 0 Å². The summed E-state index contributed by atoms with van der Waals surface area (Å²) in [4.78, 5) is 0. The zero-order chi connectivity index (χ0) is 10.3. The Morgan fingerprint density at radius 2 is 1.85 bits per heavy atom. The van der Waals surface area contributed by atoms with E-state index in [2.05, 4.69) is 25.2 Å². The van der Waals surface area contributed by atoms with Crippen molar-refractivity contribution in [3.8, 4) is 0 Å². The van der Waals surface area contributed by atoms with E-state index in [1.807, 2.05) is 13.8 Å². The minimum absolute atomic E-state index is 0.518. The summed E-state index contributed by atoms with van der Waals surface area (Å²) < 4.78 is 0. The van der Waals surface area contributed by atoms with Crippen molar-refractivity contribution >= 4 is 0 Å². The largest absolute Gasteiger partial charge is 0.389 e. The highest BCUT2D eigenvalue weighted by atomic mass is 16.3. The van der Waals surface area contributed by atoms with Gasteiger partial charge < -0.3 is 10.4 Å². The average molecular weight is 185 g/mol. The summed E-state index contributed by atoms with van der Waals surface area (Å²) in [7, 11) is 0. The van der Waals surface area contributed by atoms with E-state index in [9.17, 15) is 5.11 Å². The van der Waals surface area contributed by atoms with Gasteiger partial charge in [0.05, 0.1) is 5.60 Å². The highest BCUT2D eigenvalue weighted by molar-refractivity contribution is 4.94. The van der Waals surface area contributed by atoms with Gasteiger partial charge in [-0.1, -0.05) is 25.5 Å². The highest BCUT2D eigenvalue weighted by Gasteiger charge is 2.20. The summed E-state index contributed by atoms with van der Waals surface area (Å²) >= 11 is 0.